The summed E-state index contributed by atoms with van der Waals surface area (Å²) < 4.78 is 0. The summed E-state index contributed by atoms with van der Waals surface area (Å²) in [4.78, 5) is 24.0. The number of allylic oxidation sites excluding steroid dienone is 4. The van der Waals surface area contributed by atoms with E-state index in [-0.39, 0.29) is 17.0 Å². The highest BCUT2D eigenvalue weighted by molar-refractivity contribution is 5.92. The van der Waals surface area contributed by atoms with Gasteiger partial charge in [0.1, 0.15) is 5.60 Å². The number of fused-ring (bicyclic) bond motifs is 5. The fraction of sp³-hybridized carbons (Fsp3) is 0.714. The quantitative estimate of drug-likeness (QED) is 0.800. The van der Waals surface area contributed by atoms with E-state index in [0.29, 0.717) is 36.5 Å². The number of rotatable bonds is 1. The Hall–Kier alpha value is -1.22. The molecule has 6 atom stereocenters. The van der Waals surface area contributed by atoms with Crippen molar-refractivity contribution in [3.8, 4) is 0 Å². The Labute approximate surface area is 144 Å². The van der Waals surface area contributed by atoms with Crippen LogP contribution >= 0.6 is 0 Å². The molecule has 0 aromatic carbocycles. The number of hydrogen-bond donors (Lipinski definition) is 1. The lowest BCUT2D eigenvalue weighted by Crippen LogP contribution is -2.55. The third-order valence-electron chi connectivity index (χ3n) is 7.95. The minimum absolute atomic E-state index is 0.0636. The summed E-state index contributed by atoms with van der Waals surface area (Å²) in [5.41, 5.74) is 1.05. The summed E-state index contributed by atoms with van der Waals surface area (Å²) in [6.45, 7) is 5.82. The maximum Gasteiger partial charge on any atom is 0.161 e. The van der Waals surface area contributed by atoms with Crippen molar-refractivity contribution in [1.82, 2.24) is 0 Å². The second kappa shape index (κ2) is 5.14. The molecule has 0 unspecified atom stereocenters. The minimum Gasteiger partial charge on any atom is -0.382 e. The summed E-state index contributed by atoms with van der Waals surface area (Å²) in [6, 6.07) is 0. The standard InChI is InChI=1S/C21H28O3/c1-12-10-18-16(15-5-4-14(23)11-17(12)15)6-8-20(3)19(18)7-9-21(20,24)13(2)22/h10-11,15-16,18-19,24H,4-9H2,1-3H3/t15-,16+,18+,19-,20+,21+/m1/s1. The van der Waals surface area contributed by atoms with E-state index < -0.39 is 5.60 Å². The number of carbonyl (C=O) groups is 2. The number of Topliss-reactive ketones (excluding diaryl/α,β-unsaturated/α-hetero) is 1. The molecular formula is C21H28O3. The Morgan fingerprint density at radius 2 is 2.00 bits per heavy atom. The first-order valence-electron chi connectivity index (χ1n) is 9.44. The van der Waals surface area contributed by atoms with Crippen LogP contribution in [0, 0.1) is 29.1 Å². The van der Waals surface area contributed by atoms with Crippen molar-refractivity contribution in [2.45, 2.75) is 64.9 Å². The molecule has 0 saturated heterocycles. The van der Waals surface area contributed by atoms with E-state index in [1.165, 1.54) is 11.1 Å². The third-order valence-corrected chi connectivity index (χ3v) is 7.95. The number of ketones is 2. The molecule has 3 nitrogen and oxygen atoms in total. The molecule has 4 aliphatic rings. The highest BCUT2D eigenvalue weighted by atomic mass is 16.3. The Morgan fingerprint density at radius 1 is 1.25 bits per heavy atom. The van der Waals surface area contributed by atoms with Gasteiger partial charge in [-0.3, -0.25) is 9.59 Å². The van der Waals surface area contributed by atoms with Gasteiger partial charge in [-0.15, -0.1) is 0 Å². The van der Waals surface area contributed by atoms with Crippen molar-refractivity contribution in [1.29, 1.82) is 0 Å². The van der Waals surface area contributed by atoms with Crippen LogP contribution in [-0.2, 0) is 9.59 Å². The van der Waals surface area contributed by atoms with E-state index in [0.717, 1.165) is 25.7 Å². The van der Waals surface area contributed by atoms with Crippen LogP contribution in [0.4, 0.5) is 0 Å². The molecule has 1 N–H and O–H groups in total. The van der Waals surface area contributed by atoms with Gasteiger partial charge < -0.3 is 5.11 Å². The number of hydrogen-bond acceptors (Lipinski definition) is 3. The number of carbonyl (C=O) groups excluding carboxylic acids is 2. The Balaban J connectivity index is 1.75. The predicted molar refractivity (Wildman–Crippen MR) is 92.2 cm³/mol. The first kappa shape index (κ1) is 16.3. The second-order valence-electron chi connectivity index (χ2n) is 8.82. The largest absolute Gasteiger partial charge is 0.382 e. The van der Waals surface area contributed by atoms with Crippen LogP contribution in [0.2, 0.25) is 0 Å². The SMILES string of the molecule is CC(=O)[C@@]1(O)CC[C@@H]2[C@H]3C=C(C)C4=CC(=O)CC[C@@H]4[C@@H]3CC[C@@]21C. The van der Waals surface area contributed by atoms with E-state index in [1.807, 2.05) is 6.08 Å². The average molecular weight is 328 g/mol. The van der Waals surface area contributed by atoms with Crippen LogP contribution in [0.5, 0.6) is 0 Å². The molecule has 2 fully saturated rings. The van der Waals surface area contributed by atoms with E-state index in [1.54, 1.807) is 6.92 Å². The van der Waals surface area contributed by atoms with E-state index in [4.69, 9.17) is 0 Å². The first-order chi connectivity index (χ1) is 11.3. The highest BCUT2D eigenvalue weighted by Crippen LogP contribution is 2.64. The molecule has 0 aromatic rings. The Morgan fingerprint density at radius 3 is 2.71 bits per heavy atom. The zero-order valence-electron chi connectivity index (χ0n) is 15.0. The summed E-state index contributed by atoms with van der Waals surface area (Å²) in [7, 11) is 0. The van der Waals surface area contributed by atoms with Gasteiger partial charge in [0.15, 0.2) is 11.6 Å². The average Bonchev–Trinajstić information content (AvgIpc) is 2.81. The summed E-state index contributed by atoms with van der Waals surface area (Å²) in [5, 5.41) is 11.1. The summed E-state index contributed by atoms with van der Waals surface area (Å²) in [5.74, 6) is 2.08. The molecule has 4 rings (SSSR count). The third kappa shape index (κ3) is 1.94. The molecule has 0 amide bonds. The maximum atomic E-state index is 12.2. The molecule has 130 valence electrons. The molecule has 4 aliphatic carbocycles. The molecule has 0 spiro atoms. The van der Waals surface area contributed by atoms with Gasteiger partial charge >= 0.3 is 0 Å². The van der Waals surface area contributed by atoms with Crippen LogP contribution in [0.1, 0.15) is 59.3 Å². The zero-order valence-corrected chi connectivity index (χ0v) is 15.0. The van der Waals surface area contributed by atoms with Crippen LogP contribution in [-0.4, -0.2) is 22.3 Å². The lowest BCUT2D eigenvalue weighted by atomic mass is 9.51. The lowest BCUT2D eigenvalue weighted by Gasteiger charge is -2.54. The Kier molecular flexibility index (Phi) is 3.48. The predicted octanol–water partition coefficient (Wildman–Crippen LogP) is 3.61. The minimum atomic E-state index is -1.15. The van der Waals surface area contributed by atoms with Gasteiger partial charge in [0.05, 0.1) is 0 Å². The first-order valence-corrected chi connectivity index (χ1v) is 9.44. The molecule has 2 saturated carbocycles. The topological polar surface area (TPSA) is 54.4 Å². The van der Waals surface area contributed by atoms with Crippen LogP contribution in [0.3, 0.4) is 0 Å². The van der Waals surface area contributed by atoms with Crippen LogP contribution in [0.25, 0.3) is 0 Å². The fourth-order valence-electron chi connectivity index (χ4n) is 6.57. The van der Waals surface area contributed by atoms with Gasteiger partial charge in [-0.1, -0.05) is 18.6 Å². The van der Waals surface area contributed by atoms with Crippen LogP contribution in [0.15, 0.2) is 23.3 Å². The zero-order chi connectivity index (χ0) is 17.3. The molecule has 0 aliphatic heterocycles. The van der Waals surface area contributed by atoms with Gasteiger partial charge in [0.2, 0.25) is 0 Å². The Bertz CT molecular complexity index is 673. The van der Waals surface area contributed by atoms with Gasteiger partial charge in [0, 0.05) is 11.8 Å². The lowest BCUT2D eigenvalue weighted by molar-refractivity contribution is -0.155. The van der Waals surface area contributed by atoms with Crippen molar-refractivity contribution in [2.75, 3.05) is 0 Å². The van der Waals surface area contributed by atoms with E-state index in [2.05, 4.69) is 19.9 Å². The van der Waals surface area contributed by atoms with Crippen molar-refractivity contribution < 1.29 is 14.7 Å². The highest BCUT2D eigenvalue weighted by Gasteiger charge is 2.63. The second-order valence-corrected chi connectivity index (χ2v) is 8.82. The monoisotopic (exact) mass is 328 g/mol. The molecule has 0 aromatic heterocycles. The van der Waals surface area contributed by atoms with Crippen molar-refractivity contribution in [3.63, 3.8) is 0 Å². The van der Waals surface area contributed by atoms with E-state index >= 15 is 0 Å². The molecule has 3 heteroatoms. The summed E-state index contributed by atoms with van der Waals surface area (Å²) in [6.07, 6.45) is 9.38. The smallest absolute Gasteiger partial charge is 0.161 e. The number of aliphatic hydroxyl groups is 1. The van der Waals surface area contributed by atoms with Crippen molar-refractivity contribution in [2.24, 2.45) is 29.1 Å². The van der Waals surface area contributed by atoms with Gasteiger partial charge in [-0.25, -0.2) is 0 Å². The fourth-order valence-corrected chi connectivity index (χ4v) is 6.57. The normalized spacial score (nSPS) is 47.2. The van der Waals surface area contributed by atoms with Crippen LogP contribution < -0.4 is 0 Å². The molecule has 0 radical (unpaired) electrons. The molecule has 0 bridgehead atoms. The molecular weight excluding hydrogens is 300 g/mol. The summed E-state index contributed by atoms with van der Waals surface area (Å²) >= 11 is 0. The maximum absolute atomic E-state index is 12.2. The van der Waals surface area contributed by atoms with Gasteiger partial charge in [0.25, 0.3) is 0 Å². The van der Waals surface area contributed by atoms with Gasteiger partial charge in [-0.05, 0) is 81.3 Å². The molecule has 24 heavy (non-hydrogen) atoms. The van der Waals surface area contributed by atoms with Crippen molar-refractivity contribution in [3.05, 3.63) is 23.3 Å². The van der Waals surface area contributed by atoms with Gasteiger partial charge in [-0.2, -0.15) is 0 Å². The van der Waals surface area contributed by atoms with Crippen molar-refractivity contribution >= 4 is 11.6 Å². The molecule has 0 heterocycles. The van der Waals surface area contributed by atoms with E-state index in [9.17, 15) is 14.7 Å².